The van der Waals surface area contributed by atoms with E-state index in [2.05, 4.69) is 240 Å². The lowest BCUT2D eigenvalue weighted by atomic mass is 9.66. The van der Waals surface area contributed by atoms with Crippen LogP contribution in [-0.4, -0.2) is 4.57 Å². The highest BCUT2D eigenvalue weighted by Crippen LogP contribution is 2.64. The summed E-state index contributed by atoms with van der Waals surface area (Å²) in [6, 6.07) is 84.0. The van der Waals surface area contributed by atoms with Crippen LogP contribution in [0.4, 0.5) is 17.1 Å². The van der Waals surface area contributed by atoms with Crippen LogP contribution in [0.5, 0.6) is 11.5 Å². The third-order valence-corrected chi connectivity index (χ3v) is 13.2. The lowest BCUT2D eigenvalue weighted by molar-refractivity contribution is 0.436. The molecular formula is C59H38N2O. The Morgan fingerprint density at radius 1 is 0.387 bits per heavy atom. The van der Waals surface area contributed by atoms with Crippen molar-refractivity contribution in [1.29, 1.82) is 0 Å². The maximum atomic E-state index is 6.76. The second-order valence-corrected chi connectivity index (χ2v) is 16.4. The van der Waals surface area contributed by atoms with Crippen LogP contribution in [0.2, 0.25) is 0 Å². The molecule has 2 aliphatic rings. The molecule has 1 aliphatic heterocycles. The van der Waals surface area contributed by atoms with Crippen LogP contribution >= 0.6 is 0 Å². The van der Waals surface area contributed by atoms with Gasteiger partial charge >= 0.3 is 0 Å². The van der Waals surface area contributed by atoms with E-state index in [1.807, 2.05) is 0 Å². The summed E-state index contributed by atoms with van der Waals surface area (Å²) in [4.78, 5) is 2.47. The van der Waals surface area contributed by atoms with Gasteiger partial charge in [-0.2, -0.15) is 0 Å². The first kappa shape index (κ1) is 34.7. The molecule has 3 nitrogen and oxygen atoms in total. The number of ether oxygens (including phenoxy) is 1. The van der Waals surface area contributed by atoms with Crippen LogP contribution in [0, 0.1) is 0 Å². The van der Waals surface area contributed by atoms with Gasteiger partial charge in [0.1, 0.15) is 11.5 Å². The van der Waals surface area contributed by atoms with Gasteiger partial charge in [0.2, 0.25) is 0 Å². The van der Waals surface area contributed by atoms with E-state index in [1.54, 1.807) is 0 Å². The van der Waals surface area contributed by atoms with Crippen LogP contribution in [0.15, 0.2) is 231 Å². The lowest BCUT2D eigenvalue weighted by Gasteiger charge is -2.39. The van der Waals surface area contributed by atoms with Crippen molar-refractivity contribution in [2.45, 2.75) is 5.41 Å². The number of hydrogen-bond donors (Lipinski definition) is 0. The largest absolute Gasteiger partial charge is 0.457 e. The summed E-state index contributed by atoms with van der Waals surface area (Å²) in [7, 11) is 0. The van der Waals surface area contributed by atoms with Crippen molar-refractivity contribution in [1.82, 2.24) is 4.57 Å². The molecule has 13 rings (SSSR count). The fraction of sp³-hybridized carbons (Fsp3) is 0.0169. The quantitative estimate of drug-likeness (QED) is 0.173. The van der Waals surface area contributed by atoms with Gasteiger partial charge in [0, 0.05) is 44.5 Å². The van der Waals surface area contributed by atoms with Crippen LogP contribution in [0.1, 0.15) is 22.3 Å². The van der Waals surface area contributed by atoms with E-state index in [1.165, 1.54) is 60.4 Å². The van der Waals surface area contributed by atoms with E-state index >= 15 is 0 Å². The van der Waals surface area contributed by atoms with Gasteiger partial charge in [0.05, 0.1) is 22.1 Å². The Labute approximate surface area is 360 Å². The predicted octanol–water partition coefficient (Wildman–Crippen LogP) is 15.5. The van der Waals surface area contributed by atoms with Crippen LogP contribution in [0.3, 0.4) is 0 Å². The van der Waals surface area contributed by atoms with Crippen molar-refractivity contribution in [3.63, 3.8) is 0 Å². The molecule has 1 spiro atoms. The minimum atomic E-state index is -0.631. The average Bonchev–Trinajstić information content (AvgIpc) is 3.83. The van der Waals surface area contributed by atoms with Gasteiger partial charge in [-0.25, -0.2) is 0 Å². The molecule has 0 saturated heterocycles. The van der Waals surface area contributed by atoms with E-state index < -0.39 is 5.41 Å². The number of nitrogens with zero attached hydrogens (tertiary/aromatic N) is 2. The van der Waals surface area contributed by atoms with E-state index in [9.17, 15) is 0 Å². The number of rotatable bonds is 5. The Bertz CT molecular complexity index is 3520. The molecule has 1 aromatic heterocycles. The number of fused-ring (bicyclic) bond motifs is 14. The Morgan fingerprint density at radius 2 is 1.00 bits per heavy atom. The summed E-state index contributed by atoms with van der Waals surface area (Å²) in [6.07, 6.45) is 0. The summed E-state index contributed by atoms with van der Waals surface area (Å²) in [6.45, 7) is 0. The molecule has 0 bridgehead atoms. The predicted molar refractivity (Wildman–Crippen MR) is 256 cm³/mol. The van der Waals surface area contributed by atoms with Gasteiger partial charge < -0.3 is 14.2 Å². The molecule has 10 aromatic carbocycles. The maximum absolute atomic E-state index is 6.76. The van der Waals surface area contributed by atoms with Gasteiger partial charge in [-0.05, 0) is 105 Å². The SMILES string of the molecule is c1ccc(-c2ccccc2N(c2ccc3c(c2)C2(c4ccccc4Oc4ccccc42)c2ccc4ccccc4c2-3)c2ccc3c(c2)c2ccccc2n3-c2ccccc2)cc1. The number of para-hydroxylation sites is 5. The van der Waals surface area contributed by atoms with Crippen molar-refractivity contribution >= 4 is 49.6 Å². The van der Waals surface area contributed by atoms with Gasteiger partial charge in [0.25, 0.3) is 0 Å². The molecular weight excluding hydrogens is 753 g/mol. The van der Waals surface area contributed by atoms with Gasteiger partial charge in [0.15, 0.2) is 0 Å². The van der Waals surface area contributed by atoms with Crippen LogP contribution in [-0.2, 0) is 5.41 Å². The number of anilines is 3. The Balaban J connectivity index is 1.13. The highest BCUT2D eigenvalue weighted by atomic mass is 16.5. The summed E-state index contributed by atoms with van der Waals surface area (Å²) >= 11 is 0. The fourth-order valence-corrected chi connectivity index (χ4v) is 10.7. The molecule has 0 saturated carbocycles. The first-order chi connectivity index (χ1) is 30.8. The van der Waals surface area contributed by atoms with Crippen molar-refractivity contribution in [3.05, 3.63) is 253 Å². The second-order valence-electron chi connectivity index (χ2n) is 16.4. The first-order valence-corrected chi connectivity index (χ1v) is 21.3. The Hall–Kier alpha value is -8.14. The normalized spacial score (nSPS) is 13.1. The molecule has 0 radical (unpaired) electrons. The third-order valence-electron chi connectivity index (χ3n) is 13.2. The fourth-order valence-electron chi connectivity index (χ4n) is 10.7. The van der Waals surface area contributed by atoms with E-state index in [-0.39, 0.29) is 0 Å². The molecule has 0 unspecified atom stereocenters. The highest BCUT2D eigenvalue weighted by molar-refractivity contribution is 6.11. The minimum absolute atomic E-state index is 0.631. The van der Waals surface area contributed by atoms with E-state index in [4.69, 9.17) is 4.74 Å². The molecule has 2 heterocycles. The van der Waals surface area contributed by atoms with Gasteiger partial charge in [-0.3, -0.25) is 0 Å². The van der Waals surface area contributed by atoms with Crippen LogP contribution in [0.25, 0.3) is 60.5 Å². The van der Waals surface area contributed by atoms with Gasteiger partial charge in [-0.1, -0.05) is 164 Å². The van der Waals surface area contributed by atoms with Crippen molar-refractivity contribution < 1.29 is 4.74 Å². The monoisotopic (exact) mass is 790 g/mol. The van der Waals surface area contributed by atoms with Gasteiger partial charge in [-0.15, -0.1) is 0 Å². The smallest absolute Gasteiger partial charge is 0.132 e. The van der Waals surface area contributed by atoms with E-state index in [0.29, 0.717) is 0 Å². The maximum Gasteiger partial charge on any atom is 0.132 e. The molecule has 1 aliphatic carbocycles. The number of benzene rings is 10. The summed E-state index contributed by atoms with van der Waals surface area (Å²) in [5.41, 5.74) is 15.8. The molecule has 0 fully saturated rings. The molecule has 0 amide bonds. The molecule has 290 valence electrons. The van der Waals surface area contributed by atoms with Crippen molar-refractivity contribution in [2.24, 2.45) is 0 Å². The summed E-state index contributed by atoms with van der Waals surface area (Å²) in [5, 5.41) is 4.90. The standard InChI is InChI=1S/C59H38N2O/c1-3-17-39(18-4-1)44-22-9-13-27-53(44)60(42-33-36-55-48(37-42)46-24-10-14-28-54(46)61(55)41-20-5-2-6-21-41)43-32-34-47-52(38-43)59(51-35-31-40-19-7-8-23-45(40)58(47)51)49-25-11-15-29-56(49)62-57-30-16-12-26-50(57)59/h1-38H. The third kappa shape index (κ3) is 4.88. The van der Waals surface area contributed by atoms with E-state index in [0.717, 1.165) is 50.9 Å². The zero-order chi connectivity index (χ0) is 40.8. The zero-order valence-corrected chi connectivity index (χ0v) is 33.7. The van der Waals surface area contributed by atoms with Crippen molar-refractivity contribution in [2.75, 3.05) is 4.90 Å². The Kier molecular flexibility index (Phi) is 7.52. The van der Waals surface area contributed by atoms with Crippen molar-refractivity contribution in [3.8, 4) is 39.4 Å². The zero-order valence-electron chi connectivity index (χ0n) is 33.7. The molecule has 62 heavy (non-hydrogen) atoms. The summed E-state index contributed by atoms with van der Waals surface area (Å²) in [5.74, 6) is 1.77. The first-order valence-electron chi connectivity index (χ1n) is 21.3. The minimum Gasteiger partial charge on any atom is -0.457 e. The molecule has 3 heteroatoms. The highest BCUT2D eigenvalue weighted by Gasteiger charge is 2.51. The molecule has 0 atom stereocenters. The summed E-state index contributed by atoms with van der Waals surface area (Å²) < 4.78 is 9.15. The number of aromatic nitrogens is 1. The number of hydrogen-bond acceptors (Lipinski definition) is 2. The second kappa shape index (κ2) is 13.4. The average molecular weight is 791 g/mol. The van der Waals surface area contributed by atoms with Crippen LogP contribution < -0.4 is 9.64 Å². The Morgan fingerprint density at radius 3 is 1.81 bits per heavy atom. The molecule has 0 N–H and O–H groups in total. The molecule has 11 aromatic rings. The lowest BCUT2D eigenvalue weighted by Crippen LogP contribution is -2.32. The topological polar surface area (TPSA) is 17.4 Å².